The first-order valence-electron chi connectivity index (χ1n) is 5.70. The molecule has 0 atom stereocenters. The van der Waals surface area contributed by atoms with Crippen LogP contribution in [0.5, 0.6) is 0 Å². The minimum atomic E-state index is -0.260. The molecule has 0 aliphatic carbocycles. The van der Waals surface area contributed by atoms with Crippen molar-refractivity contribution in [2.45, 2.75) is 26.4 Å². The van der Waals surface area contributed by atoms with E-state index in [1.807, 2.05) is 6.92 Å². The molecule has 90 valence electrons. The number of hydrogen-bond donors (Lipinski definition) is 0. The van der Waals surface area contributed by atoms with E-state index < -0.39 is 0 Å². The molecule has 2 rings (SSSR count). The first-order valence-corrected chi connectivity index (χ1v) is 5.70. The number of nitrogens with zero attached hydrogens (tertiary/aromatic N) is 2. The zero-order chi connectivity index (χ0) is 12.3. The Morgan fingerprint density at radius 3 is 2.41 bits per heavy atom. The molecule has 0 radical (unpaired) electrons. The van der Waals surface area contributed by atoms with E-state index in [0.717, 1.165) is 18.5 Å². The van der Waals surface area contributed by atoms with Crippen molar-refractivity contribution in [2.75, 3.05) is 0 Å². The largest absolute Gasteiger partial charge is 0.328 e. The van der Waals surface area contributed by atoms with Crippen molar-refractivity contribution in [2.24, 2.45) is 0 Å². The van der Waals surface area contributed by atoms with Crippen LogP contribution in [0.2, 0.25) is 0 Å². The molecular formula is C13H15FN2O. The van der Waals surface area contributed by atoms with Gasteiger partial charge in [0.15, 0.2) is 0 Å². The molecule has 0 amide bonds. The minimum absolute atomic E-state index is 0.0174. The van der Waals surface area contributed by atoms with Crippen LogP contribution in [-0.2, 0) is 13.1 Å². The highest BCUT2D eigenvalue weighted by Crippen LogP contribution is 2.04. The third-order valence-corrected chi connectivity index (χ3v) is 2.65. The van der Waals surface area contributed by atoms with Crippen molar-refractivity contribution in [3.05, 3.63) is 58.5 Å². The molecule has 0 bridgehead atoms. The van der Waals surface area contributed by atoms with E-state index in [1.54, 1.807) is 33.7 Å². The molecule has 1 aromatic carbocycles. The number of hydrogen-bond acceptors (Lipinski definition) is 1. The van der Waals surface area contributed by atoms with Gasteiger partial charge in [0.05, 0.1) is 6.54 Å². The zero-order valence-corrected chi connectivity index (χ0v) is 9.77. The third-order valence-electron chi connectivity index (χ3n) is 2.65. The topological polar surface area (TPSA) is 26.9 Å². The van der Waals surface area contributed by atoms with Gasteiger partial charge in [0.1, 0.15) is 5.82 Å². The number of benzene rings is 1. The summed E-state index contributed by atoms with van der Waals surface area (Å²) in [5, 5.41) is 0. The Balaban J connectivity index is 2.19. The SMILES string of the molecule is CCCn1ccn(Cc2ccc(F)cc2)c1=O. The molecule has 2 aromatic rings. The molecule has 3 nitrogen and oxygen atoms in total. The van der Waals surface area contributed by atoms with E-state index in [9.17, 15) is 9.18 Å². The summed E-state index contributed by atoms with van der Waals surface area (Å²) >= 11 is 0. The van der Waals surface area contributed by atoms with E-state index in [4.69, 9.17) is 0 Å². The normalized spacial score (nSPS) is 10.7. The predicted molar refractivity (Wildman–Crippen MR) is 64.5 cm³/mol. The lowest BCUT2D eigenvalue weighted by atomic mass is 10.2. The Kier molecular flexibility index (Phi) is 3.42. The van der Waals surface area contributed by atoms with Gasteiger partial charge in [-0.15, -0.1) is 0 Å². The summed E-state index contributed by atoms with van der Waals surface area (Å²) in [6.45, 7) is 3.24. The van der Waals surface area contributed by atoms with E-state index in [2.05, 4.69) is 0 Å². The molecule has 0 aliphatic heterocycles. The van der Waals surface area contributed by atoms with E-state index in [0.29, 0.717) is 6.54 Å². The lowest BCUT2D eigenvalue weighted by Crippen LogP contribution is -2.24. The Hall–Kier alpha value is -1.84. The average molecular weight is 234 g/mol. The number of imidazole rings is 1. The second-order valence-electron chi connectivity index (χ2n) is 4.03. The van der Waals surface area contributed by atoms with E-state index in [1.165, 1.54) is 12.1 Å². The molecule has 1 heterocycles. The summed E-state index contributed by atoms with van der Waals surface area (Å²) < 4.78 is 16.0. The van der Waals surface area contributed by atoms with Crippen LogP contribution in [0.15, 0.2) is 41.5 Å². The lowest BCUT2D eigenvalue weighted by Gasteiger charge is -2.02. The van der Waals surface area contributed by atoms with Crippen molar-refractivity contribution >= 4 is 0 Å². The number of aryl methyl sites for hydroxylation is 1. The second kappa shape index (κ2) is 4.99. The molecule has 0 saturated carbocycles. The highest BCUT2D eigenvalue weighted by molar-refractivity contribution is 5.16. The van der Waals surface area contributed by atoms with E-state index in [-0.39, 0.29) is 11.5 Å². The van der Waals surface area contributed by atoms with Gasteiger partial charge in [0.2, 0.25) is 0 Å². The van der Waals surface area contributed by atoms with Gasteiger partial charge in [-0.2, -0.15) is 0 Å². The maximum absolute atomic E-state index is 12.7. The fraction of sp³-hybridized carbons (Fsp3) is 0.308. The quantitative estimate of drug-likeness (QED) is 0.797. The fourth-order valence-electron chi connectivity index (χ4n) is 1.77. The Bertz CT molecular complexity index is 539. The van der Waals surface area contributed by atoms with Gasteiger partial charge < -0.3 is 0 Å². The summed E-state index contributed by atoms with van der Waals surface area (Å²) in [4.78, 5) is 11.9. The predicted octanol–water partition coefficient (Wildman–Crippen LogP) is 2.25. The molecule has 0 fully saturated rings. The molecule has 17 heavy (non-hydrogen) atoms. The summed E-state index contributed by atoms with van der Waals surface area (Å²) in [6.07, 6.45) is 4.48. The van der Waals surface area contributed by atoms with Gasteiger partial charge in [0.25, 0.3) is 0 Å². The van der Waals surface area contributed by atoms with Gasteiger partial charge in [-0.1, -0.05) is 19.1 Å². The highest BCUT2D eigenvalue weighted by atomic mass is 19.1. The number of rotatable bonds is 4. The van der Waals surface area contributed by atoms with Crippen LogP contribution in [0.1, 0.15) is 18.9 Å². The molecule has 0 spiro atoms. The maximum Gasteiger partial charge on any atom is 0.328 e. The van der Waals surface area contributed by atoms with E-state index >= 15 is 0 Å². The summed E-state index contributed by atoms with van der Waals surface area (Å²) in [5.41, 5.74) is 0.902. The van der Waals surface area contributed by atoms with Crippen molar-refractivity contribution < 1.29 is 4.39 Å². The standard InChI is InChI=1S/C13H15FN2O/c1-2-7-15-8-9-16(13(15)17)10-11-3-5-12(14)6-4-11/h3-6,8-9H,2,7,10H2,1H3. The monoisotopic (exact) mass is 234 g/mol. The zero-order valence-electron chi connectivity index (χ0n) is 9.77. The smallest absolute Gasteiger partial charge is 0.299 e. The average Bonchev–Trinajstić information content (AvgIpc) is 2.65. The van der Waals surface area contributed by atoms with Crippen LogP contribution in [0.3, 0.4) is 0 Å². The second-order valence-corrected chi connectivity index (χ2v) is 4.03. The number of aromatic nitrogens is 2. The van der Waals surface area contributed by atoms with Crippen molar-refractivity contribution in [1.29, 1.82) is 0 Å². The maximum atomic E-state index is 12.7. The van der Waals surface area contributed by atoms with Crippen LogP contribution in [-0.4, -0.2) is 9.13 Å². The van der Waals surface area contributed by atoms with Crippen LogP contribution < -0.4 is 5.69 Å². The van der Waals surface area contributed by atoms with Gasteiger partial charge >= 0.3 is 5.69 Å². The molecule has 1 aromatic heterocycles. The summed E-state index contributed by atoms with van der Waals surface area (Å²) in [7, 11) is 0. The Morgan fingerprint density at radius 2 is 1.76 bits per heavy atom. The van der Waals surface area contributed by atoms with Crippen LogP contribution in [0.4, 0.5) is 4.39 Å². The van der Waals surface area contributed by atoms with Crippen molar-refractivity contribution in [1.82, 2.24) is 9.13 Å². The fourth-order valence-corrected chi connectivity index (χ4v) is 1.77. The van der Waals surface area contributed by atoms with Crippen LogP contribution in [0, 0.1) is 5.82 Å². The lowest BCUT2D eigenvalue weighted by molar-refractivity contribution is 0.618. The molecule has 4 heteroatoms. The first-order chi connectivity index (χ1) is 8.20. The molecular weight excluding hydrogens is 219 g/mol. The first kappa shape index (κ1) is 11.6. The third kappa shape index (κ3) is 2.64. The van der Waals surface area contributed by atoms with Gasteiger partial charge in [-0.05, 0) is 24.1 Å². The van der Waals surface area contributed by atoms with Gasteiger partial charge in [0, 0.05) is 18.9 Å². The highest BCUT2D eigenvalue weighted by Gasteiger charge is 2.03. The van der Waals surface area contributed by atoms with Gasteiger partial charge in [-0.25, -0.2) is 9.18 Å². The molecule has 0 N–H and O–H groups in total. The summed E-state index contributed by atoms with van der Waals surface area (Å²) in [5.74, 6) is -0.260. The number of halogens is 1. The molecule has 0 aliphatic rings. The van der Waals surface area contributed by atoms with Crippen LogP contribution >= 0.6 is 0 Å². The Labute approximate surface area is 99.1 Å². The Morgan fingerprint density at radius 1 is 1.12 bits per heavy atom. The molecule has 0 saturated heterocycles. The van der Waals surface area contributed by atoms with Crippen molar-refractivity contribution in [3.63, 3.8) is 0 Å². The van der Waals surface area contributed by atoms with Crippen LogP contribution in [0.25, 0.3) is 0 Å². The molecule has 0 unspecified atom stereocenters. The van der Waals surface area contributed by atoms with Crippen molar-refractivity contribution in [3.8, 4) is 0 Å². The summed E-state index contributed by atoms with van der Waals surface area (Å²) in [6, 6.07) is 6.20. The minimum Gasteiger partial charge on any atom is -0.299 e. The van der Waals surface area contributed by atoms with Gasteiger partial charge in [-0.3, -0.25) is 9.13 Å².